The van der Waals surface area contributed by atoms with Crippen molar-refractivity contribution in [2.24, 2.45) is 0 Å². The molecule has 0 amide bonds. The SMILES string of the molecule is COc1ccccc1C(=O)CSc1cccc(F)c1. The molecule has 19 heavy (non-hydrogen) atoms. The Morgan fingerprint density at radius 3 is 2.74 bits per heavy atom. The first-order valence-electron chi connectivity index (χ1n) is 5.75. The molecule has 0 saturated heterocycles. The van der Waals surface area contributed by atoms with Gasteiger partial charge in [-0.25, -0.2) is 4.39 Å². The summed E-state index contributed by atoms with van der Waals surface area (Å²) in [5.74, 6) is 0.484. The van der Waals surface area contributed by atoms with Gasteiger partial charge in [-0.2, -0.15) is 0 Å². The van der Waals surface area contributed by atoms with Crippen LogP contribution in [0.15, 0.2) is 53.4 Å². The summed E-state index contributed by atoms with van der Waals surface area (Å²) in [6.07, 6.45) is 0. The second-order valence-electron chi connectivity index (χ2n) is 3.87. The van der Waals surface area contributed by atoms with Gasteiger partial charge in [0.05, 0.1) is 18.4 Å². The van der Waals surface area contributed by atoms with Crippen LogP contribution in [0.2, 0.25) is 0 Å². The summed E-state index contributed by atoms with van der Waals surface area (Å²) in [6, 6.07) is 13.3. The zero-order chi connectivity index (χ0) is 13.7. The van der Waals surface area contributed by atoms with Crippen molar-refractivity contribution in [2.45, 2.75) is 4.90 Å². The van der Waals surface area contributed by atoms with Crippen molar-refractivity contribution < 1.29 is 13.9 Å². The minimum Gasteiger partial charge on any atom is -0.496 e. The molecule has 2 rings (SSSR count). The van der Waals surface area contributed by atoms with E-state index in [2.05, 4.69) is 0 Å². The van der Waals surface area contributed by atoms with Crippen molar-refractivity contribution in [1.82, 2.24) is 0 Å². The van der Waals surface area contributed by atoms with Crippen LogP contribution in [-0.2, 0) is 0 Å². The molecule has 0 saturated carbocycles. The van der Waals surface area contributed by atoms with Gasteiger partial charge in [-0.05, 0) is 30.3 Å². The van der Waals surface area contributed by atoms with E-state index in [1.807, 2.05) is 6.07 Å². The molecular weight excluding hydrogens is 263 g/mol. The number of carbonyl (C=O) groups is 1. The fourth-order valence-corrected chi connectivity index (χ4v) is 2.48. The molecule has 0 aliphatic heterocycles. The van der Waals surface area contributed by atoms with Gasteiger partial charge in [0.15, 0.2) is 5.78 Å². The molecular formula is C15H13FO2S. The maximum Gasteiger partial charge on any atom is 0.176 e. The largest absolute Gasteiger partial charge is 0.496 e. The second kappa shape index (κ2) is 6.38. The number of rotatable bonds is 5. The summed E-state index contributed by atoms with van der Waals surface area (Å²) in [4.78, 5) is 12.8. The first-order chi connectivity index (χ1) is 9.20. The smallest absolute Gasteiger partial charge is 0.176 e. The van der Waals surface area contributed by atoms with Gasteiger partial charge in [-0.15, -0.1) is 11.8 Å². The normalized spacial score (nSPS) is 10.2. The number of para-hydroxylation sites is 1. The number of carbonyl (C=O) groups excluding carboxylic acids is 1. The zero-order valence-electron chi connectivity index (χ0n) is 10.4. The Balaban J connectivity index is 2.05. The summed E-state index contributed by atoms with van der Waals surface area (Å²) in [5.41, 5.74) is 0.550. The highest BCUT2D eigenvalue weighted by Crippen LogP contribution is 2.23. The maximum atomic E-state index is 13.0. The van der Waals surface area contributed by atoms with E-state index in [0.717, 1.165) is 4.90 Å². The summed E-state index contributed by atoms with van der Waals surface area (Å²) < 4.78 is 18.2. The predicted octanol–water partition coefficient (Wildman–Crippen LogP) is 3.81. The molecule has 0 aromatic heterocycles. The van der Waals surface area contributed by atoms with Gasteiger partial charge in [0.1, 0.15) is 11.6 Å². The quantitative estimate of drug-likeness (QED) is 0.613. The van der Waals surface area contributed by atoms with E-state index in [9.17, 15) is 9.18 Å². The third-order valence-corrected chi connectivity index (χ3v) is 3.57. The number of ketones is 1. The molecule has 2 aromatic rings. The van der Waals surface area contributed by atoms with E-state index in [4.69, 9.17) is 4.74 Å². The first-order valence-corrected chi connectivity index (χ1v) is 6.74. The maximum absolute atomic E-state index is 13.0. The van der Waals surface area contributed by atoms with E-state index in [-0.39, 0.29) is 17.4 Å². The number of Topliss-reactive ketones (excluding diaryl/α,β-unsaturated/α-hetero) is 1. The predicted molar refractivity (Wildman–Crippen MR) is 74.4 cm³/mol. The van der Waals surface area contributed by atoms with Crippen LogP contribution < -0.4 is 4.74 Å². The highest BCUT2D eigenvalue weighted by Gasteiger charge is 2.11. The average Bonchev–Trinajstić information content (AvgIpc) is 2.45. The third-order valence-electron chi connectivity index (χ3n) is 2.57. The van der Waals surface area contributed by atoms with Crippen molar-refractivity contribution >= 4 is 17.5 Å². The minimum atomic E-state index is -0.297. The fraction of sp³-hybridized carbons (Fsp3) is 0.133. The van der Waals surface area contributed by atoms with Gasteiger partial charge in [0, 0.05) is 4.90 Å². The standard InChI is InChI=1S/C15H13FO2S/c1-18-15-8-3-2-7-13(15)14(17)10-19-12-6-4-5-11(16)9-12/h2-9H,10H2,1H3. The molecule has 0 atom stereocenters. The topological polar surface area (TPSA) is 26.3 Å². The monoisotopic (exact) mass is 276 g/mol. The van der Waals surface area contributed by atoms with Crippen LogP contribution in [0.1, 0.15) is 10.4 Å². The molecule has 4 heteroatoms. The molecule has 0 fully saturated rings. The highest BCUT2D eigenvalue weighted by atomic mass is 32.2. The summed E-state index contributed by atoms with van der Waals surface area (Å²) >= 11 is 1.31. The fourth-order valence-electron chi connectivity index (χ4n) is 1.66. The van der Waals surface area contributed by atoms with Crippen molar-refractivity contribution in [3.05, 3.63) is 59.9 Å². The van der Waals surface area contributed by atoms with E-state index in [1.54, 1.807) is 30.3 Å². The van der Waals surface area contributed by atoms with Gasteiger partial charge < -0.3 is 4.74 Å². The molecule has 0 N–H and O–H groups in total. The van der Waals surface area contributed by atoms with Crippen molar-refractivity contribution in [3.8, 4) is 5.75 Å². The molecule has 98 valence electrons. The average molecular weight is 276 g/mol. The highest BCUT2D eigenvalue weighted by molar-refractivity contribution is 8.00. The summed E-state index contributed by atoms with van der Waals surface area (Å²) in [7, 11) is 1.53. The number of hydrogen-bond acceptors (Lipinski definition) is 3. The summed E-state index contributed by atoms with van der Waals surface area (Å²) in [6.45, 7) is 0. The molecule has 2 aromatic carbocycles. The van der Waals surface area contributed by atoms with Gasteiger partial charge in [-0.3, -0.25) is 4.79 Å². The Kier molecular flexibility index (Phi) is 4.58. The molecule has 0 spiro atoms. The molecule has 2 nitrogen and oxygen atoms in total. The number of benzene rings is 2. The third kappa shape index (κ3) is 3.58. The number of ether oxygens (including phenoxy) is 1. The van der Waals surface area contributed by atoms with Crippen molar-refractivity contribution in [3.63, 3.8) is 0 Å². The van der Waals surface area contributed by atoms with Gasteiger partial charge in [0.25, 0.3) is 0 Å². The summed E-state index contributed by atoms with van der Waals surface area (Å²) in [5, 5.41) is 0. The first kappa shape index (κ1) is 13.6. The van der Waals surface area contributed by atoms with E-state index in [1.165, 1.54) is 31.0 Å². The number of methoxy groups -OCH3 is 1. The Morgan fingerprint density at radius 1 is 1.21 bits per heavy atom. The van der Waals surface area contributed by atoms with E-state index in [0.29, 0.717) is 11.3 Å². The minimum absolute atomic E-state index is 0.0355. The van der Waals surface area contributed by atoms with Crippen molar-refractivity contribution in [2.75, 3.05) is 12.9 Å². The lowest BCUT2D eigenvalue weighted by Gasteiger charge is -2.07. The van der Waals surface area contributed by atoms with Crippen LogP contribution in [0.25, 0.3) is 0 Å². The lowest BCUT2D eigenvalue weighted by atomic mass is 10.1. The molecule has 0 radical (unpaired) electrons. The second-order valence-corrected chi connectivity index (χ2v) is 4.92. The molecule has 0 unspecified atom stereocenters. The Bertz CT molecular complexity index is 584. The van der Waals surface area contributed by atoms with Gasteiger partial charge >= 0.3 is 0 Å². The van der Waals surface area contributed by atoms with Crippen LogP contribution in [0, 0.1) is 5.82 Å². The van der Waals surface area contributed by atoms with Crippen LogP contribution in [0.5, 0.6) is 5.75 Å². The number of hydrogen-bond donors (Lipinski definition) is 0. The zero-order valence-corrected chi connectivity index (χ0v) is 11.2. The molecule has 0 bridgehead atoms. The van der Waals surface area contributed by atoms with Crippen molar-refractivity contribution in [1.29, 1.82) is 0 Å². The van der Waals surface area contributed by atoms with Crippen LogP contribution in [0.4, 0.5) is 4.39 Å². The van der Waals surface area contributed by atoms with E-state index < -0.39 is 0 Å². The van der Waals surface area contributed by atoms with Crippen LogP contribution >= 0.6 is 11.8 Å². The molecule has 0 aliphatic rings. The molecule has 0 aliphatic carbocycles. The van der Waals surface area contributed by atoms with Gasteiger partial charge in [-0.1, -0.05) is 18.2 Å². The molecule has 0 heterocycles. The van der Waals surface area contributed by atoms with Gasteiger partial charge in [0.2, 0.25) is 0 Å². The Morgan fingerprint density at radius 2 is 2.00 bits per heavy atom. The van der Waals surface area contributed by atoms with E-state index >= 15 is 0 Å². The van der Waals surface area contributed by atoms with Crippen LogP contribution in [0.3, 0.4) is 0 Å². The lowest BCUT2D eigenvalue weighted by molar-refractivity contribution is 0.101. The lowest BCUT2D eigenvalue weighted by Crippen LogP contribution is -2.04. The Hall–Kier alpha value is -1.81. The Labute approximate surface area is 115 Å². The number of thioether (sulfide) groups is 1. The number of halogens is 1. The van der Waals surface area contributed by atoms with Crippen LogP contribution in [-0.4, -0.2) is 18.6 Å².